The van der Waals surface area contributed by atoms with E-state index in [9.17, 15) is 13.2 Å². The van der Waals surface area contributed by atoms with Crippen molar-refractivity contribution >= 4 is 21.4 Å². The third kappa shape index (κ3) is 4.58. The predicted octanol–water partition coefficient (Wildman–Crippen LogP) is 3.94. The van der Waals surface area contributed by atoms with Gasteiger partial charge in [-0.3, -0.25) is 4.79 Å². The van der Waals surface area contributed by atoms with E-state index in [0.29, 0.717) is 5.69 Å². The Morgan fingerprint density at radius 2 is 1.50 bits per heavy atom. The topological polar surface area (TPSA) is 63.2 Å². The van der Waals surface area contributed by atoms with Crippen LogP contribution in [0.25, 0.3) is 11.1 Å². The third-order valence-electron chi connectivity index (χ3n) is 3.97. The minimum Gasteiger partial charge on any atom is -0.326 e. The van der Waals surface area contributed by atoms with Gasteiger partial charge in [0, 0.05) is 11.9 Å². The molecule has 0 aromatic heterocycles. The zero-order valence-corrected chi connectivity index (χ0v) is 15.2. The molecule has 0 spiro atoms. The van der Waals surface area contributed by atoms with Crippen LogP contribution < -0.4 is 5.32 Å². The fraction of sp³-hybridized carbons (Fsp3) is 0.0952. The van der Waals surface area contributed by atoms with Crippen LogP contribution in [0.5, 0.6) is 0 Å². The predicted molar refractivity (Wildman–Crippen MR) is 104 cm³/mol. The Balaban J connectivity index is 1.67. The van der Waals surface area contributed by atoms with E-state index in [0.717, 1.165) is 22.9 Å². The molecule has 0 atom stereocenters. The van der Waals surface area contributed by atoms with Crippen molar-refractivity contribution in [2.45, 2.75) is 11.3 Å². The Bertz CT molecular complexity index is 1010. The SMILES string of the molecule is CS(=O)(=O)c1cccc(NC(=O)Cc2ccc(-c3ccccc3)cc2)c1. The van der Waals surface area contributed by atoms with Crippen LogP contribution >= 0.6 is 0 Å². The minimum absolute atomic E-state index is 0.183. The van der Waals surface area contributed by atoms with E-state index in [1.54, 1.807) is 12.1 Å². The second-order valence-electron chi connectivity index (χ2n) is 6.09. The van der Waals surface area contributed by atoms with Gasteiger partial charge in [0.15, 0.2) is 9.84 Å². The lowest BCUT2D eigenvalue weighted by molar-refractivity contribution is -0.115. The maximum atomic E-state index is 12.2. The summed E-state index contributed by atoms with van der Waals surface area (Å²) in [5.74, 6) is -0.192. The molecule has 26 heavy (non-hydrogen) atoms. The molecular weight excluding hydrogens is 346 g/mol. The molecule has 3 aromatic carbocycles. The van der Waals surface area contributed by atoms with Gasteiger partial charge in [-0.2, -0.15) is 0 Å². The van der Waals surface area contributed by atoms with E-state index in [1.807, 2.05) is 54.6 Å². The maximum Gasteiger partial charge on any atom is 0.228 e. The Morgan fingerprint density at radius 1 is 0.846 bits per heavy atom. The smallest absolute Gasteiger partial charge is 0.228 e. The van der Waals surface area contributed by atoms with E-state index in [4.69, 9.17) is 0 Å². The van der Waals surface area contributed by atoms with Crippen molar-refractivity contribution in [1.29, 1.82) is 0 Å². The van der Waals surface area contributed by atoms with Crippen molar-refractivity contribution in [1.82, 2.24) is 0 Å². The van der Waals surface area contributed by atoms with Crippen LogP contribution in [0.1, 0.15) is 5.56 Å². The van der Waals surface area contributed by atoms with E-state index in [1.165, 1.54) is 12.1 Å². The Morgan fingerprint density at radius 3 is 2.15 bits per heavy atom. The molecule has 3 rings (SSSR count). The van der Waals surface area contributed by atoms with Crippen LogP contribution in [-0.2, 0) is 21.1 Å². The summed E-state index contributed by atoms with van der Waals surface area (Å²) in [5.41, 5.74) is 3.58. The van der Waals surface area contributed by atoms with Gasteiger partial charge in [-0.1, -0.05) is 60.7 Å². The molecule has 1 N–H and O–H groups in total. The number of anilines is 1. The molecule has 0 fully saturated rings. The number of carbonyl (C=O) groups excluding carboxylic acids is 1. The number of rotatable bonds is 5. The summed E-state index contributed by atoms with van der Waals surface area (Å²) in [6.45, 7) is 0. The van der Waals surface area contributed by atoms with Gasteiger partial charge in [-0.05, 0) is 34.9 Å². The highest BCUT2D eigenvalue weighted by Crippen LogP contribution is 2.20. The van der Waals surface area contributed by atoms with Crippen LogP contribution in [0.15, 0.2) is 83.8 Å². The summed E-state index contributed by atoms with van der Waals surface area (Å²) in [4.78, 5) is 12.4. The molecule has 0 bridgehead atoms. The van der Waals surface area contributed by atoms with Gasteiger partial charge in [0.2, 0.25) is 5.91 Å². The maximum absolute atomic E-state index is 12.2. The highest BCUT2D eigenvalue weighted by atomic mass is 32.2. The second-order valence-corrected chi connectivity index (χ2v) is 8.10. The number of hydrogen-bond donors (Lipinski definition) is 1. The molecule has 1 amide bonds. The molecule has 0 aliphatic heterocycles. The van der Waals surface area contributed by atoms with Crippen LogP contribution in [-0.4, -0.2) is 20.6 Å². The van der Waals surface area contributed by atoms with E-state index in [2.05, 4.69) is 5.32 Å². The normalized spacial score (nSPS) is 11.1. The van der Waals surface area contributed by atoms with Crippen molar-refractivity contribution in [3.8, 4) is 11.1 Å². The largest absolute Gasteiger partial charge is 0.326 e. The van der Waals surface area contributed by atoms with Gasteiger partial charge in [-0.25, -0.2) is 8.42 Å². The van der Waals surface area contributed by atoms with Gasteiger partial charge in [0.25, 0.3) is 0 Å². The first kappa shape index (κ1) is 17.9. The molecule has 4 nitrogen and oxygen atoms in total. The van der Waals surface area contributed by atoms with Crippen molar-refractivity contribution in [3.63, 3.8) is 0 Å². The first-order chi connectivity index (χ1) is 12.4. The molecule has 0 heterocycles. The highest BCUT2D eigenvalue weighted by Gasteiger charge is 2.09. The first-order valence-corrected chi connectivity index (χ1v) is 10.1. The Labute approximate surface area is 153 Å². The fourth-order valence-electron chi connectivity index (χ4n) is 2.64. The van der Waals surface area contributed by atoms with E-state index in [-0.39, 0.29) is 17.2 Å². The van der Waals surface area contributed by atoms with Gasteiger partial charge < -0.3 is 5.32 Å². The molecule has 5 heteroatoms. The monoisotopic (exact) mass is 365 g/mol. The Hall–Kier alpha value is -2.92. The lowest BCUT2D eigenvalue weighted by atomic mass is 10.0. The van der Waals surface area contributed by atoms with Crippen LogP contribution in [0.2, 0.25) is 0 Å². The Kier molecular flexibility index (Phi) is 5.19. The van der Waals surface area contributed by atoms with Gasteiger partial charge in [-0.15, -0.1) is 0 Å². The van der Waals surface area contributed by atoms with Crippen molar-refractivity contribution < 1.29 is 13.2 Å². The van der Waals surface area contributed by atoms with Crippen molar-refractivity contribution in [2.75, 3.05) is 11.6 Å². The molecule has 0 saturated heterocycles. The quantitative estimate of drug-likeness (QED) is 0.745. The molecule has 0 saturated carbocycles. The lowest BCUT2D eigenvalue weighted by Gasteiger charge is -2.08. The highest BCUT2D eigenvalue weighted by molar-refractivity contribution is 7.90. The van der Waals surface area contributed by atoms with Crippen LogP contribution in [0, 0.1) is 0 Å². The summed E-state index contributed by atoms with van der Waals surface area (Å²) in [5, 5.41) is 2.75. The van der Waals surface area contributed by atoms with E-state index < -0.39 is 9.84 Å². The number of benzene rings is 3. The number of carbonyl (C=O) groups is 1. The molecule has 3 aromatic rings. The fourth-order valence-corrected chi connectivity index (χ4v) is 3.31. The molecule has 132 valence electrons. The van der Waals surface area contributed by atoms with Gasteiger partial charge in [0.05, 0.1) is 11.3 Å². The molecule has 0 aliphatic rings. The van der Waals surface area contributed by atoms with Crippen LogP contribution in [0.3, 0.4) is 0 Å². The van der Waals surface area contributed by atoms with Gasteiger partial charge >= 0.3 is 0 Å². The van der Waals surface area contributed by atoms with Crippen molar-refractivity contribution in [3.05, 3.63) is 84.4 Å². The minimum atomic E-state index is -3.30. The number of amides is 1. The first-order valence-electron chi connectivity index (χ1n) is 8.16. The molecular formula is C21H19NO3S. The zero-order valence-electron chi connectivity index (χ0n) is 14.3. The average Bonchev–Trinajstić information content (AvgIpc) is 2.62. The average molecular weight is 365 g/mol. The zero-order chi connectivity index (χ0) is 18.6. The summed E-state index contributed by atoms with van der Waals surface area (Å²) in [6.07, 6.45) is 1.36. The molecule has 0 unspecified atom stereocenters. The standard InChI is InChI=1S/C21H19NO3S/c1-26(24,25)20-9-5-8-19(15-20)22-21(23)14-16-10-12-18(13-11-16)17-6-3-2-4-7-17/h2-13,15H,14H2,1H3,(H,22,23). The molecule has 0 aliphatic carbocycles. The molecule has 0 radical (unpaired) electrons. The van der Waals surface area contributed by atoms with Gasteiger partial charge in [0.1, 0.15) is 0 Å². The number of hydrogen-bond acceptors (Lipinski definition) is 3. The van der Waals surface area contributed by atoms with Crippen LogP contribution in [0.4, 0.5) is 5.69 Å². The summed E-state index contributed by atoms with van der Waals surface area (Å²) < 4.78 is 23.2. The summed E-state index contributed by atoms with van der Waals surface area (Å²) in [6, 6.07) is 24.1. The number of nitrogens with one attached hydrogen (secondary N) is 1. The van der Waals surface area contributed by atoms with E-state index >= 15 is 0 Å². The van der Waals surface area contributed by atoms with Crippen molar-refractivity contribution in [2.24, 2.45) is 0 Å². The number of sulfone groups is 1. The third-order valence-corrected chi connectivity index (χ3v) is 5.08. The summed E-state index contributed by atoms with van der Waals surface area (Å²) in [7, 11) is -3.30. The summed E-state index contributed by atoms with van der Waals surface area (Å²) >= 11 is 0. The second kappa shape index (κ2) is 7.54. The lowest BCUT2D eigenvalue weighted by Crippen LogP contribution is -2.14.